The lowest BCUT2D eigenvalue weighted by molar-refractivity contribution is 0.104. The molecule has 0 heterocycles. The van der Waals surface area contributed by atoms with E-state index >= 15 is 0 Å². The van der Waals surface area contributed by atoms with Crippen molar-refractivity contribution in [2.75, 3.05) is 19.0 Å². The van der Waals surface area contributed by atoms with Crippen molar-refractivity contribution in [3.63, 3.8) is 0 Å². The SMILES string of the molecule is O=S(=O)(Cl)CCCCCOCCC1CCC1. The molecule has 16 heavy (non-hydrogen) atoms. The molecule has 3 nitrogen and oxygen atoms in total. The largest absolute Gasteiger partial charge is 0.381 e. The molecule has 1 fully saturated rings. The zero-order chi connectivity index (χ0) is 11.9. The van der Waals surface area contributed by atoms with Gasteiger partial charge in [0, 0.05) is 23.9 Å². The normalized spacial score (nSPS) is 17.3. The highest BCUT2D eigenvalue weighted by Gasteiger charge is 2.16. The molecule has 1 aliphatic carbocycles. The third kappa shape index (κ3) is 7.47. The molecule has 0 radical (unpaired) electrons. The van der Waals surface area contributed by atoms with E-state index in [9.17, 15) is 8.42 Å². The number of ether oxygens (including phenoxy) is 1. The fourth-order valence-corrected chi connectivity index (χ4v) is 2.67. The number of halogens is 1. The molecule has 0 aromatic heterocycles. The summed E-state index contributed by atoms with van der Waals surface area (Å²) in [6, 6.07) is 0. The van der Waals surface area contributed by atoms with Gasteiger partial charge in [-0.05, 0) is 25.2 Å². The highest BCUT2D eigenvalue weighted by atomic mass is 35.7. The van der Waals surface area contributed by atoms with Crippen LogP contribution >= 0.6 is 10.7 Å². The fraction of sp³-hybridized carbons (Fsp3) is 1.00. The Morgan fingerprint density at radius 2 is 1.88 bits per heavy atom. The van der Waals surface area contributed by atoms with Gasteiger partial charge in [-0.15, -0.1) is 0 Å². The number of hydrogen-bond donors (Lipinski definition) is 0. The van der Waals surface area contributed by atoms with Gasteiger partial charge in [-0.25, -0.2) is 8.42 Å². The summed E-state index contributed by atoms with van der Waals surface area (Å²) in [4.78, 5) is 0. The van der Waals surface area contributed by atoms with Gasteiger partial charge in [-0.3, -0.25) is 0 Å². The van der Waals surface area contributed by atoms with Crippen molar-refractivity contribution in [1.82, 2.24) is 0 Å². The zero-order valence-electron chi connectivity index (χ0n) is 9.66. The van der Waals surface area contributed by atoms with Gasteiger partial charge in [0.05, 0.1) is 5.75 Å². The van der Waals surface area contributed by atoms with Crippen LogP contribution in [0.15, 0.2) is 0 Å². The number of hydrogen-bond acceptors (Lipinski definition) is 3. The Hall–Kier alpha value is 0.200. The summed E-state index contributed by atoms with van der Waals surface area (Å²) in [6.45, 7) is 1.60. The minimum absolute atomic E-state index is 0.0800. The van der Waals surface area contributed by atoms with Crippen molar-refractivity contribution < 1.29 is 13.2 Å². The second kappa shape index (κ2) is 7.51. The monoisotopic (exact) mass is 268 g/mol. The van der Waals surface area contributed by atoms with Crippen molar-refractivity contribution in [2.45, 2.75) is 44.9 Å². The van der Waals surface area contributed by atoms with E-state index in [1.807, 2.05) is 0 Å². The average molecular weight is 269 g/mol. The number of unbranched alkanes of at least 4 members (excludes halogenated alkanes) is 2. The van der Waals surface area contributed by atoms with E-state index in [1.54, 1.807) is 0 Å². The molecule has 0 unspecified atom stereocenters. The molecule has 96 valence electrons. The van der Waals surface area contributed by atoms with E-state index in [-0.39, 0.29) is 5.75 Å². The summed E-state index contributed by atoms with van der Waals surface area (Å²) >= 11 is 0. The Kier molecular flexibility index (Phi) is 6.70. The van der Waals surface area contributed by atoms with Crippen LogP contribution in [0.5, 0.6) is 0 Å². The lowest BCUT2D eigenvalue weighted by atomic mass is 9.83. The van der Waals surface area contributed by atoms with E-state index in [4.69, 9.17) is 15.4 Å². The fourth-order valence-electron chi connectivity index (χ4n) is 1.79. The summed E-state index contributed by atoms with van der Waals surface area (Å²) < 4.78 is 26.7. The molecule has 0 amide bonds. The van der Waals surface area contributed by atoms with Crippen LogP contribution < -0.4 is 0 Å². The highest BCUT2D eigenvalue weighted by Crippen LogP contribution is 2.29. The van der Waals surface area contributed by atoms with Gasteiger partial charge in [0.25, 0.3) is 0 Å². The summed E-state index contributed by atoms with van der Waals surface area (Å²) in [5, 5.41) is 0. The van der Waals surface area contributed by atoms with Crippen LogP contribution in [-0.4, -0.2) is 27.4 Å². The minimum Gasteiger partial charge on any atom is -0.381 e. The maximum atomic E-state index is 10.6. The van der Waals surface area contributed by atoms with Crippen molar-refractivity contribution in [2.24, 2.45) is 5.92 Å². The third-order valence-corrected chi connectivity index (χ3v) is 4.31. The first kappa shape index (κ1) is 14.3. The Labute approximate surface area is 103 Å². The van der Waals surface area contributed by atoms with Crippen LogP contribution in [0.25, 0.3) is 0 Å². The summed E-state index contributed by atoms with van der Waals surface area (Å²) in [5.74, 6) is 0.984. The molecule has 1 saturated carbocycles. The van der Waals surface area contributed by atoms with Crippen LogP contribution in [0.3, 0.4) is 0 Å². The van der Waals surface area contributed by atoms with Gasteiger partial charge < -0.3 is 4.74 Å². The molecular formula is C11H21ClO3S. The van der Waals surface area contributed by atoms with E-state index in [0.29, 0.717) is 6.42 Å². The van der Waals surface area contributed by atoms with Gasteiger partial charge in [-0.2, -0.15) is 0 Å². The zero-order valence-corrected chi connectivity index (χ0v) is 11.2. The van der Waals surface area contributed by atoms with E-state index in [2.05, 4.69) is 0 Å². The highest BCUT2D eigenvalue weighted by molar-refractivity contribution is 8.13. The van der Waals surface area contributed by atoms with Crippen LogP contribution in [0.2, 0.25) is 0 Å². The molecule has 1 aliphatic rings. The van der Waals surface area contributed by atoms with Gasteiger partial charge in [0.15, 0.2) is 0 Å². The molecule has 0 saturated heterocycles. The predicted molar refractivity (Wildman–Crippen MR) is 66.3 cm³/mol. The van der Waals surface area contributed by atoms with Crippen LogP contribution in [0, 0.1) is 5.92 Å². The quantitative estimate of drug-likeness (QED) is 0.477. The van der Waals surface area contributed by atoms with Gasteiger partial charge in [0.2, 0.25) is 9.05 Å². The summed E-state index contributed by atoms with van der Waals surface area (Å²) in [7, 11) is 1.80. The Bertz CT molecular complexity index is 273. The maximum Gasteiger partial charge on any atom is 0.232 e. The predicted octanol–water partition coefficient (Wildman–Crippen LogP) is 2.93. The lowest BCUT2D eigenvalue weighted by Gasteiger charge is -2.24. The molecule has 0 aromatic rings. The molecule has 0 N–H and O–H groups in total. The first-order valence-corrected chi connectivity index (χ1v) is 8.56. The van der Waals surface area contributed by atoms with Crippen molar-refractivity contribution in [3.8, 4) is 0 Å². The van der Waals surface area contributed by atoms with E-state index in [1.165, 1.54) is 25.7 Å². The topological polar surface area (TPSA) is 43.4 Å². The van der Waals surface area contributed by atoms with Crippen LogP contribution in [0.4, 0.5) is 0 Å². The standard InChI is InChI=1S/C11H21ClO3S/c12-16(13,14)10-3-1-2-8-15-9-7-11-5-4-6-11/h11H,1-10H2. The van der Waals surface area contributed by atoms with Gasteiger partial charge in [0.1, 0.15) is 0 Å². The lowest BCUT2D eigenvalue weighted by Crippen LogP contribution is -2.13. The van der Waals surface area contributed by atoms with Gasteiger partial charge >= 0.3 is 0 Å². The second-order valence-corrected chi connectivity index (χ2v) is 7.40. The molecule has 5 heteroatoms. The Morgan fingerprint density at radius 1 is 1.12 bits per heavy atom. The minimum atomic E-state index is -3.30. The van der Waals surface area contributed by atoms with Crippen molar-refractivity contribution in [1.29, 1.82) is 0 Å². The molecular weight excluding hydrogens is 248 g/mol. The summed E-state index contributed by atoms with van der Waals surface area (Å²) in [5.41, 5.74) is 0. The average Bonchev–Trinajstić information content (AvgIpc) is 2.10. The van der Waals surface area contributed by atoms with E-state index in [0.717, 1.165) is 32.0 Å². The van der Waals surface area contributed by atoms with Crippen molar-refractivity contribution in [3.05, 3.63) is 0 Å². The Balaban J connectivity index is 1.77. The van der Waals surface area contributed by atoms with Crippen LogP contribution in [0.1, 0.15) is 44.9 Å². The Morgan fingerprint density at radius 3 is 2.44 bits per heavy atom. The van der Waals surface area contributed by atoms with Crippen molar-refractivity contribution >= 4 is 19.7 Å². The first-order chi connectivity index (χ1) is 7.58. The second-order valence-electron chi connectivity index (χ2n) is 4.50. The molecule has 0 aromatic carbocycles. The molecule has 1 rings (SSSR count). The molecule has 0 atom stereocenters. The van der Waals surface area contributed by atoms with Crippen LogP contribution in [-0.2, 0) is 13.8 Å². The van der Waals surface area contributed by atoms with Gasteiger partial charge in [-0.1, -0.05) is 25.7 Å². The molecule has 0 aliphatic heterocycles. The molecule has 0 bridgehead atoms. The smallest absolute Gasteiger partial charge is 0.232 e. The third-order valence-electron chi connectivity index (χ3n) is 3.07. The van der Waals surface area contributed by atoms with E-state index < -0.39 is 9.05 Å². The summed E-state index contributed by atoms with van der Waals surface area (Å²) in [6.07, 6.45) is 7.76. The first-order valence-electron chi connectivity index (χ1n) is 6.08. The maximum absolute atomic E-state index is 10.6. The molecule has 0 spiro atoms. The number of rotatable bonds is 9.